The number of ether oxygens (including phenoxy) is 2. The molecule has 122 valence electrons. The topological polar surface area (TPSA) is 21.7 Å². The maximum absolute atomic E-state index is 5.44. The summed E-state index contributed by atoms with van der Waals surface area (Å²) in [7, 11) is 7.51. The normalized spacial score (nSPS) is 11.2. The van der Waals surface area contributed by atoms with Gasteiger partial charge in [0.25, 0.3) is 0 Å². The van der Waals surface area contributed by atoms with E-state index in [1.807, 2.05) is 24.3 Å². The molecule has 0 radical (unpaired) electrons. The minimum Gasteiger partial charge on any atom is -0.493 e. The van der Waals surface area contributed by atoms with Crippen molar-refractivity contribution in [3.63, 3.8) is 0 Å². The molecule has 0 atom stereocenters. The van der Waals surface area contributed by atoms with Gasteiger partial charge in [0, 0.05) is 6.54 Å². The van der Waals surface area contributed by atoms with E-state index >= 15 is 0 Å². The number of hydrogen-bond donors (Lipinski definition) is 0. The molecule has 0 unspecified atom stereocenters. The molecule has 0 heterocycles. The molecule has 3 heteroatoms. The lowest BCUT2D eigenvalue weighted by Gasteiger charge is -2.15. The van der Waals surface area contributed by atoms with Gasteiger partial charge in [-0.3, -0.25) is 0 Å². The maximum atomic E-state index is 5.44. The third-order valence-corrected chi connectivity index (χ3v) is 3.73. The van der Waals surface area contributed by atoms with Crippen molar-refractivity contribution in [1.82, 2.24) is 4.90 Å². The SMILES string of the molecule is COc1cc(/C=C/c2ccccc2)c(CCN(C)C)cc1OC. The van der Waals surface area contributed by atoms with Gasteiger partial charge in [0.2, 0.25) is 0 Å². The summed E-state index contributed by atoms with van der Waals surface area (Å²) in [6, 6.07) is 14.4. The Kier molecular flexibility index (Phi) is 6.24. The second-order valence-electron chi connectivity index (χ2n) is 5.70. The lowest BCUT2D eigenvalue weighted by molar-refractivity contribution is 0.354. The number of benzene rings is 2. The van der Waals surface area contributed by atoms with Crippen LogP contribution in [0.2, 0.25) is 0 Å². The molecule has 0 aliphatic heterocycles. The molecule has 0 spiro atoms. The van der Waals surface area contributed by atoms with Crippen LogP contribution in [0.4, 0.5) is 0 Å². The molecular formula is C20H25NO2. The van der Waals surface area contributed by atoms with Crippen LogP contribution in [-0.4, -0.2) is 39.8 Å². The fourth-order valence-electron chi connectivity index (χ4n) is 2.40. The van der Waals surface area contributed by atoms with Gasteiger partial charge in [-0.2, -0.15) is 0 Å². The number of nitrogens with zero attached hydrogens (tertiary/aromatic N) is 1. The van der Waals surface area contributed by atoms with Crippen molar-refractivity contribution in [2.75, 3.05) is 34.9 Å². The molecular weight excluding hydrogens is 286 g/mol. The third-order valence-electron chi connectivity index (χ3n) is 3.73. The summed E-state index contributed by atoms with van der Waals surface area (Å²) in [6.45, 7) is 0.988. The summed E-state index contributed by atoms with van der Waals surface area (Å²) in [4.78, 5) is 2.18. The van der Waals surface area contributed by atoms with E-state index in [9.17, 15) is 0 Å². The van der Waals surface area contributed by atoms with Gasteiger partial charge in [-0.1, -0.05) is 42.5 Å². The van der Waals surface area contributed by atoms with E-state index in [0.29, 0.717) is 0 Å². The molecule has 0 aromatic heterocycles. The van der Waals surface area contributed by atoms with Crippen molar-refractivity contribution >= 4 is 12.2 Å². The Bertz CT molecular complexity index is 648. The summed E-state index contributed by atoms with van der Waals surface area (Å²) in [5.74, 6) is 1.53. The van der Waals surface area contributed by atoms with Gasteiger partial charge in [-0.05, 0) is 49.3 Å². The Labute approximate surface area is 139 Å². The van der Waals surface area contributed by atoms with Crippen molar-refractivity contribution in [2.24, 2.45) is 0 Å². The van der Waals surface area contributed by atoms with Crippen LogP contribution in [0.3, 0.4) is 0 Å². The van der Waals surface area contributed by atoms with Gasteiger partial charge in [0.15, 0.2) is 11.5 Å². The predicted molar refractivity (Wildman–Crippen MR) is 97.2 cm³/mol. The number of methoxy groups -OCH3 is 2. The van der Waals surface area contributed by atoms with Crippen LogP contribution >= 0.6 is 0 Å². The minimum absolute atomic E-state index is 0.758. The Morgan fingerprint density at radius 3 is 2.17 bits per heavy atom. The molecule has 0 amide bonds. The molecule has 0 fully saturated rings. The minimum atomic E-state index is 0.758. The highest BCUT2D eigenvalue weighted by atomic mass is 16.5. The first-order valence-electron chi connectivity index (χ1n) is 7.77. The average molecular weight is 311 g/mol. The molecule has 0 aliphatic carbocycles. The Morgan fingerprint density at radius 2 is 1.57 bits per heavy atom. The van der Waals surface area contributed by atoms with Crippen molar-refractivity contribution in [2.45, 2.75) is 6.42 Å². The number of rotatable bonds is 7. The molecule has 0 aliphatic rings. The molecule has 0 saturated carbocycles. The van der Waals surface area contributed by atoms with Crippen molar-refractivity contribution in [3.05, 3.63) is 59.2 Å². The van der Waals surface area contributed by atoms with Crippen LogP contribution in [0, 0.1) is 0 Å². The van der Waals surface area contributed by atoms with Crippen LogP contribution < -0.4 is 9.47 Å². The van der Waals surface area contributed by atoms with Crippen LogP contribution in [0.1, 0.15) is 16.7 Å². The lowest BCUT2D eigenvalue weighted by Crippen LogP contribution is -2.15. The van der Waals surface area contributed by atoms with E-state index in [0.717, 1.165) is 30.0 Å². The summed E-state index contributed by atoms with van der Waals surface area (Å²) in [6.07, 6.45) is 5.23. The monoisotopic (exact) mass is 311 g/mol. The zero-order valence-electron chi connectivity index (χ0n) is 14.4. The Hall–Kier alpha value is -2.26. The molecule has 0 N–H and O–H groups in total. The van der Waals surface area contributed by atoms with Crippen LogP contribution in [-0.2, 0) is 6.42 Å². The molecule has 23 heavy (non-hydrogen) atoms. The quantitative estimate of drug-likeness (QED) is 0.722. The zero-order chi connectivity index (χ0) is 16.7. The molecule has 0 saturated heterocycles. The van der Waals surface area contributed by atoms with Gasteiger partial charge in [-0.15, -0.1) is 0 Å². The van der Waals surface area contributed by atoms with Gasteiger partial charge in [0.05, 0.1) is 14.2 Å². The zero-order valence-corrected chi connectivity index (χ0v) is 14.4. The van der Waals surface area contributed by atoms with Gasteiger partial charge in [-0.25, -0.2) is 0 Å². The highest BCUT2D eigenvalue weighted by molar-refractivity contribution is 5.73. The summed E-state index contributed by atoms with van der Waals surface area (Å²) in [5, 5.41) is 0. The maximum Gasteiger partial charge on any atom is 0.161 e. The van der Waals surface area contributed by atoms with Crippen molar-refractivity contribution in [1.29, 1.82) is 0 Å². The average Bonchev–Trinajstić information content (AvgIpc) is 2.58. The number of hydrogen-bond acceptors (Lipinski definition) is 3. The first-order valence-corrected chi connectivity index (χ1v) is 7.77. The lowest BCUT2D eigenvalue weighted by atomic mass is 10.0. The molecule has 0 bridgehead atoms. The van der Waals surface area contributed by atoms with E-state index in [-0.39, 0.29) is 0 Å². The van der Waals surface area contributed by atoms with Crippen LogP contribution in [0.15, 0.2) is 42.5 Å². The van der Waals surface area contributed by atoms with E-state index < -0.39 is 0 Å². The van der Waals surface area contributed by atoms with Crippen molar-refractivity contribution < 1.29 is 9.47 Å². The third kappa shape index (κ3) is 4.86. The summed E-state index contributed by atoms with van der Waals surface area (Å²) < 4.78 is 10.9. The predicted octanol–water partition coefficient (Wildman–Crippen LogP) is 3.98. The summed E-state index contributed by atoms with van der Waals surface area (Å²) in [5.41, 5.74) is 3.60. The highest BCUT2D eigenvalue weighted by Crippen LogP contribution is 2.31. The Morgan fingerprint density at radius 1 is 0.913 bits per heavy atom. The summed E-state index contributed by atoms with van der Waals surface area (Å²) >= 11 is 0. The van der Waals surface area contributed by atoms with E-state index in [1.165, 1.54) is 11.1 Å². The van der Waals surface area contributed by atoms with E-state index in [1.54, 1.807) is 14.2 Å². The highest BCUT2D eigenvalue weighted by Gasteiger charge is 2.10. The Balaban J connectivity index is 2.35. The van der Waals surface area contributed by atoms with Gasteiger partial charge >= 0.3 is 0 Å². The van der Waals surface area contributed by atoms with Gasteiger partial charge in [0.1, 0.15) is 0 Å². The van der Waals surface area contributed by atoms with Crippen LogP contribution in [0.25, 0.3) is 12.2 Å². The fourth-order valence-corrected chi connectivity index (χ4v) is 2.40. The standard InChI is InChI=1S/C20H25NO2/c1-21(2)13-12-18-15-20(23-4)19(22-3)14-17(18)11-10-16-8-6-5-7-9-16/h5-11,14-15H,12-13H2,1-4H3/b11-10+. The first-order chi connectivity index (χ1) is 11.1. The molecule has 2 aromatic rings. The van der Waals surface area contributed by atoms with E-state index in [4.69, 9.17) is 9.47 Å². The number of likely N-dealkylation sites (N-methyl/N-ethyl adjacent to an activating group) is 1. The van der Waals surface area contributed by atoms with Gasteiger partial charge < -0.3 is 14.4 Å². The van der Waals surface area contributed by atoms with Crippen LogP contribution in [0.5, 0.6) is 11.5 Å². The van der Waals surface area contributed by atoms with Crippen molar-refractivity contribution in [3.8, 4) is 11.5 Å². The smallest absolute Gasteiger partial charge is 0.161 e. The molecule has 2 aromatic carbocycles. The largest absolute Gasteiger partial charge is 0.493 e. The fraction of sp³-hybridized carbons (Fsp3) is 0.300. The second-order valence-corrected chi connectivity index (χ2v) is 5.70. The molecule has 3 nitrogen and oxygen atoms in total. The molecule has 2 rings (SSSR count). The first kappa shape index (κ1) is 17.1. The van der Waals surface area contributed by atoms with E-state index in [2.05, 4.69) is 49.3 Å². The second kappa shape index (κ2) is 8.39.